The zero-order valence-electron chi connectivity index (χ0n) is 51.6. The average Bonchev–Trinajstić information content (AvgIpc) is 3.45. The molecular formula is C73H122O6. The summed E-state index contributed by atoms with van der Waals surface area (Å²) in [4.78, 5) is 38.4. The van der Waals surface area contributed by atoms with Crippen LogP contribution in [-0.2, 0) is 28.6 Å². The molecule has 0 rings (SSSR count). The van der Waals surface area contributed by atoms with E-state index < -0.39 is 6.10 Å². The summed E-state index contributed by atoms with van der Waals surface area (Å²) in [5, 5.41) is 0. The van der Waals surface area contributed by atoms with Gasteiger partial charge in [0.25, 0.3) is 0 Å². The molecule has 1 unspecified atom stereocenters. The Hall–Kier alpha value is -4.19. The minimum atomic E-state index is -0.802. The van der Waals surface area contributed by atoms with Gasteiger partial charge < -0.3 is 14.2 Å². The molecule has 0 aromatic heterocycles. The van der Waals surface area contributed by atoms with Crippen LogP contribution in [0.3, 0.4) is 0 Å². The minimum Gasteiger partial charge on any atom is -0.462 e. The fourth-order valence-electron chi connectivity index (χ4n) is 9.04. The van der Waals surface area contributed by atoms with Crippen molar-refractivity contribution in [3.8, 4) is 0 Å². The Balaban J connectivity index is 4.46. The van der Waals surface area contributed by atoms with E-state index in [1.165, 1.54) is 135 Å². The van der Waals surface area contributed by atoms with E-state index in [0.717, 1.165) is 128 Å². The van der Waals surface area contributed by atoms with Gasteiger partial charge in [0, 0.05) is 19.3 Å². The molecule has 0 aliphatic rings. The highest BCUT2D eigenvalue weighted by molar-refractivity contribution is 5.71. The molecule has 0 radical (unpaired) electrons. The van der Waals surface area contributed by atoms with Crippen molar-refractivity contribution in [1.29, 1.82) is 0 Å². The third-order valence-electron chi connectivity index (χ3n) is 13.9. The van der Waals surface area contributed by atoms with Crippen molar-refractivity contribution in [3.05, 3.63) is 122 Å². The summed E-state index contributed by atoms with van der Waals surface area (Å²) in [6, 6.07) is 0. The SMILES string of the molecule is CC/C=C\C/C=C\C/C=C\C/C=C\C/C=C\CCCCCC(=O)OCC(COC(=O)CCCCCCCCCC/C=C\C/C=C\C/C=C\C/C=C\CC)OC(=O)CCCCCCCCCCC/C=C\CCCCCCCCCC. The Morgan fingerprint density at radius 1 is 0.266 bits per heavy atom. The van der Waals surface area contributed by atoms with Gasteiger partial charge in [-0.15, -0.1) is 0 Å². The van der Waals surface area contributed by atoms with Crippen LogP contribution in [0.2, 0.25) is 0 Å². The summed E-state index contributed by atoms with van der Waals surface area (Å²) in [5.41, 5.74) is 0. The maximum atomic E-state index is 12.9. The summed E-state index contributed by atoms with van der Waals surface area (Å²) in [6.45, 7) is 6.40. The first-order valence-corrected chi connectivity index (χ1v) is 33.0. The molecule has 6 nitrogen and oxygen atoms in total. The molecule has 0 fully saturated rings. The molecule has 0 N–H and O–H groups in total. The van der Waals surface area contributed by atoms with Crippen LogP contribution in [0.1, 0.15) is 303 Å². The van der Waals surface area contributed by atoms with Crippen molar-refractivity contribution < 1.29 is 28.6 Å². The first-order chi connectivity index (χ1) is 39.0. The van der Waals surface area contributed by atoms with Gasteiger partial charge in [-0.25, -0.2) is 0 Å². The lowest BCUT2D eigenvalue weighted by atomic mass is 10.1. The maximum absolute atomic E-state index is 12.9. The van der Waals surface area contributed by atoms with Gasteiger partial charge in [-0.1, -0.05) is 277 Å². The number of ether oxygens (including phenoxy) is 3. The average molecular weight is 1100 g/mol. The minimum absolute atomic E-state index is 0.0956. The van der Waals surface area contributed by atoms with Crippen LogP contribution in [0.15, 0.2) is 122 Å². The third-order valence-corrected chi connectivity index (χ3v) is 13.9. The summed E-state index contributed by atoms with van der Waals surface area (Å²) in [7, 11) is 0. The fourth-order valence-corrected chi connectivity index (χ4v) is 9.04. The van der Waals surface area contributed by atoms with E-state index in [1.54, 1.807) is 0 Å². The van der Waals surface area contributed by atoms with E-state index in [0.29, 0.717) is 19.3 Å². The van der Waals surface area contributed by atoms with Gasteiger partial charge in [-0.3, -0.25) is 14.4 Å². The van der Waals surface area contributed by atoms with Gasteiger partial charge in [0.05, 0.1) is 0 Å². The van der Waals surface area contributed by atoms with Crippen molar-refractivity contribution >= 4 is 17.9 Å². The first kappa shape index (κ1) is 74.8. The second-order valence-corrected chi connectivity index (χ2v) is 21.6. The highest BCUT2D eigenvalue weighted by atomic mass is 16.6. The van der Waals surface area contributed by atoms with Crippen LogP contribution in [0.5, 0.6) is 0 Å². The molecule has 0 aliphatic heterocycles. The topological polar surface area (TPSA) is 78.9 Å². The molecule has 1 atom stereocenters. The largest absolute Gasteiger partial charge is 0.462 e. The number of hydrogen-bond acceptors (Lipinski definition) is 6. The molecule has 0 aromatic rings. The van der Waals surface area contributed by atoms with E-state index in [9.17, 15) is 14.4 Å². The Bertz CT molecular complexity index is 1640. The monoisotopic (exact) mass is 1090 g/mol. The lowest BCUT2D eigenvalue weighted by Crippen LogP contribution is -2.30. The Morgan fingerprint density at radius 2 is 0.494 bits per heavy atom. The smallest absolute Gasteiger partial charge is 0.306 e. The second kappa shape index (κ2) is 66.3. The Labute approximate surface area is 488 Å². The molecule has 0 aromatic carbocycles. The van der Waals surface area contributed by atoms with E-state index in [4.69, 9.17) is 14.2 Å². The van der Waals surface area contributed by atoms with Crippen molar-refractivity contribution in [2.45, 2.75) is 309 Å². The number of carbonyl (C=O) groups is 3. The summed E-state index contributed by atoms with van der Waals surface area (Å²) < 4.78 is 16.9. The van der Waals surface area contributed by atoms with Gasteiger partial charge in [-0.2, -0.15) is 0 Å². The van der Waals surface area contributed by atoms with Crippen LogP contribution in [0.4, 0.5) is 0 Å². The van der Waals surface area contributed by atoms with Crippen molar-refractivity contribution in [2.75, 3.05) is 13.2 Å². The summed E-state index contributed by atoms with van der Waals surface area (Å²) in [5.74, 6) is -0.931. The van der Waals surface area contributed by atoms with Gasteiger partial charge in [-0.05, 0) is 128 Å². The predicted molar refractivity (Wildman–Crippen MR) is 343 cm³/mol. The van der Waals surface area contributed by atoms with Gasteiger partial charge in [0.15, 0.2) is 6.10 Å². The fraction of sp³-hybridized carbons (Fsp3) is 0.685. The Kier molecular flexibility index (Phi) is 62.8. The normalized spacial score (nSPS) is 12.9. The molecule has 79 heavy (non-hydrogen) atoms. The molecule has 6 heteroatoms. The number of allylic oxidation sites excluding steroid dienone is 20. The van der Waals surface area contributed by atoms with Crippen molar-refractivity contribution in [1.82, 2.24) is 0 Å². The number of rotatable bonds is 59. The standard InChI is InChI=1S/C73H122O6/c1-4-7-10-13-16-19-22-25-28-31-34-36-39-42-45-48-51-54-57-60-63-66-72(75)78-69-70(68-77-71(74)65-62-59-56-53-50-47-44-41-38-33-30-27-24-21-18-15-12-9-6-3)79-73(76)67-64-61-58-55-52-49-46-43-40-37-35-32-29-26-23-20-17-14-11-8-5-2/h7,9-10,12,16,18-19,21,25,27-28,30,32,34-36,38,41,47,50,70H,4-6,8,11,13-15,17,20,22-24,26,29,31,33,37,39-40,42-46,48-49,51-69H2,1-3H3/b10-7-,12-9-,19-16-,21-18-,28-25-,30-27-,35-32-,36-34-,41-38-,50-47-. The molecule has 0 heterocycles. The van der Waals surface area contributed by atoms with Crippen LogP contribution in [-0.4, -0.2) is 37.2 Å². The van der Waals surface area contributed by atoms with Gasteiger partial charge in [0.2, 0.25) is 0 Å². The van der Waals surface area contributed by atoms with Crippen molar-refractivity contribution in [3.63, 3.8) is 0 Å². The van der Waals surface area contributed by atoms with Crippen molar-refractivity contribution in [2.24, 2.45) is 0 Å². The zero-order valence-corrected chi connectivity index (χ0v) is 51.6. The molecule has 0 bridgehead atoms. The van der Waals surface area contributed by atoms with Crippen LogP contribution in [0, 0.1) is 0 Å². The number of carbonyl (C=O) groups excluding carboxylic acids is 3. The predicted octanol–water partition coefficient (Wildman–Crippen LogP) is 22.8. The summed E-state index contributed by atoms with van der Waals surface area (Å²) in [6.07, 6.45) is 92.0. The third kappa shape index (κ3) is 64.5. The summed E-state index contributed by atoms with van der Waals surface area (Å²) >= 11 is 0. The molecule has 450 valence electrons. The van der Waals surface area contributed by atoms with Crippen LogP contribution in [0.25, 0.3) is 0 Å². The first-order valence-electron chi connectivity index (χ1n) is 33.0. The van der Waals surface area contributed by atoms with E-state index >= 15 is 0 Å². The quantitative estimate of drug-likeness (QED) is 0.0261. The lowest BCUT2D eigenvalue weighted by Gasteiger charge is -2.18. The highest BCUT2D eigenvalue weighted by Crippen LogP contribution is 2.16. The maximum Gasteiger partial charge on any atom is 0.306 e. The van der Waals surface area contributed by atoms with Crippen LogP contribution >= 0.6 is 0 Å². The lowest BCUT2D eigenvalue weighted by molar-refractivity contribution is -0.167. The number of unbranched alkanes of at least 4 members (excludes halogenated alkanes) is 28. The molecule has 0 aliphatic carbocycles. The molecule has 0 amide bonds. The van der Waals surface area contributed by atoms with E-state index in [2.05, 4.69) is 142 Å². The molecule has 0 spiro atoms. The highest BCUT2D eigenvalue weighted by Gasteiger charge is 2.19. The Morgan fingerprint density at radius 3 is 0.797 bits per heavy atom. The molecule has 0 saturated heterocycles. The number of hydrogen-bond donors (Lipinski definition) is 0. The van der Waals surface area contributed by atoms with E-state index in [1.807, 2.05) is 0 Å². The van der Waals surface area contributed by atoms with E-state index in [-0.39, 0.29) is 31.1 Å². The molecular weight excluding hydrogens is 973 g/mol. The van der Waals surface area contributed by atoms with Gasteiger partial charge >= 0.3 is 17.9 Å². The zero-order chi connectivity index (χ0) is 57.1. The van der Waals surface area contributed by atoms with Gasteiger partial charge in [0.1, 0.15) is 13.2 Å². The van der Waals surface area contributed by atoms with Crippen LogP contribution < -0.4 is 0 Å². The number of esters is 3. The second-order valence-electron chi connectivity index (χ2n) is 21.6. The molecule has 0 saturated carbocycles.